The molecule has 0 radical (unpaired) electrons. The summed E-state index contributed by atoms with van der Waals surface area (Å²) in [6.45, 7) is 5.40. The van der Waals surface area contributed by atoms with Gasteiger partial charge in [-0.05, 0) is 25.8 Å². The van der Waals surface area contributed by atoms with E-state index in [1.807, 2.05) is 13.0 Å². The molecule has 0 N–H and O–H groups in total. The summed E-state index contributed by atoms with van der Waals surface area (Å²) in [5.41, 5.74) is -0.0582. The molecule has 2 atom stereocenters. The molecule has 2 saturated heterocycles. The van der Waals surface area contributed by atoms with Gasteiger partial charge in [0.25, 0.3) is 0 Å². The van der Waals surface area contributed by atoms with Crippen LogP contribution in [0, 0.1) is 0 Å². The summed E-state index contributed by atoms with van der Waals surface area (Å²) in [6.07, 6.45) is 7.06. The molecule has 1 aromatic rings. The average Bonchev–Trinajstić information content (AvgIpc) is 2.83. The molecule has 0 unspecified atom stereocenters. The molecule has 3 heterocycles. The third kappa shape index (κ3) is 2.72. The topological polar surface area (TPSA) is 47.5 Å². The van der Waals surface area contributed by atoms with Gasteiger partial charge in [0.05, 0.1) is 18.3 Å². The number of aromatic nitrogens is 2. The Bertz CT molecular complexity index is 414. The van der Waals surface area contributed by atoms with Crippen LogP contribution in [-0.2, 0) is 9.47 Å². The van der Waals surface area contributed by atoms with Crippen molar-refractivity contribution in [2.24, 2.45) is 0 Å². The van der Waals surface area contributed by atoms with Crippen molar-refractivity contribution >= 4 is 5.95 Å². The van der Waals surface area contributed by atoms with E-state index in [-0.39, 0.29) is 11.7 Å². The lowest BCUT2D eigenvalue weighted by atomic mass is 9.89. The van der Waals surface area contributed by atoms with Crippen LogP contribution in [0.3, 0.4) is 0 Å². The lowest BCUT2D eigenvalue weighted by Gasteiger charge is -2.39. The fourth-order valence-corrected chi connectivity index (χ4v) is 3.15. The molecule has 0 amide bonds. The molecule has 2 aliphatic heterocycles. The Hall–Kier alpha value is -1.20. The number of ether oxygens (including phenoxy) is 2. The van der Waals surface area contributed by atoms with Gasteiger partial charge in [-0.2, -0.15) is 0 Å². The van der Waals surface area contributed by atoms with Gasteiger partial charge in [0, 0.05) is 38.5 Å². The Morgan fingerprint density at radius 2 is 2.32 bits per heavy atom. The van der Waals surface area contributed by atoms with Crippen LogP contribution in [-0.4, -0.2) is 48.0 Å². The first-order chi connectivity index (χ1) is 9.31. The standard InChI is InChI=1S/C14H21N3O2/c1-2-18-12-9-14(19-10-12)5-3-8-17(11-14)13-15-6-4-7-16-13/h4,6-7,12H,2-3,5,8-11H2,1H3/t12-,14-/m1/s1. The zero-order valence-electron chi connectivity index (χ0n) is 11.4. The van der Waals surface area contributed by atoms with E-state index in [2.05, 4.69) is 14.9 Å². The molecule has 104 valence electrons. The number of nitrogens with zero attached hydrogens (tertiary/aromatic N) is 3. The molecule has 5 nitrogen and oxygen atoms in total. The predicted octanol–water partition coefficient (Wildman–Crippen LogP) is 1.64. The summed E-state index contributed by atoms with van der Waals surface area (Å²) >= 11 is 0. The highest BCUT2D eigenvalue weighted by Gasteiger charge is 2.44. The minimum absolute atomic E-state index is 0.0582. The van der Waals surface area contributed by atoms with Crippen molar-refractivity contribution in [2.45, 2.75) is 37.9 Å². The zero-order chi connectivity index (χ0) is 13.1. The summed E-state index contributed by atoms with van der Waals surface area (Å²) in [5.74, 6) is 0.810. The summed E-state index contributed by atoms with van der Waals surface area (Å²) in [6, 6.07) is 1.85. The first kappa shape index (κ1) is 12.8. The van der Waals surface area contributed by atoms with Crippen LogP contribution >= 0.6 is 0 Å². The maximum Gasteiger partial charge on any atom is 0.225 e. The number of hydrogen-bond acceptors (Lipinski definition) is 5. The molecule has 2 aliphatic rings. The zero-order valence-corrected chi connectivity index (χ0v) is 11.4. The molecule has 0 aliphatic carbocycles. The van der Waals surface area contributed by atoms with E-state index in [0.717, 1.165) is 51.5 Å². The molecule has 5 heteroatoms. The minimum atomic E-state index is -0.0582. The quantitative estimate of drug-likeness (QED) is 0.829. The van der Waals surface area contributed by atoms with Gasteiger partial charge in [-0.1, -0.05) is 0 Å². The molecule has 0 bridgehead atoms. The molecule has 2 fully saturated rings. The SMILES string of the molecule is CCO[C@H]1CO[C@]2(CCCN(c3ncccn3)C2)C1. The molecule has 1 aromatic heterocycles. The van der Waals surface area contributed by atoms with E-state index in [1.165, 1.54) is 0 Å². The van der Waals surface area contributed by atoms with Crippen molar-refractivity contribution in [3.05, 3.63) is 18.5 Å². The smallest absolute Gasteiger partial charge is 0.225 e. The van der Waals surface area contributed by atoms with Gasteiger partial charge in [0.15, 0.2) is 0 Å². The average molecular weight is 263 g/mol. The third-order valence-electron chi connectivity index (χ3n) is 3.95. The maximum atomic E-state index is 6.08. The van der Waals surface area contributed by atoms with Crippen LogP contribution in [0.4, 0.5) is 5.95 Å². The van der Waals surface area contributed by atoms with Crippen molar-refractivity contribution in [3.8, 4) is 0 Å². The molecular formula is C14H21N3O2. The van der Waals surface area contributed by atoms with Gasteiger partial charge < -0.3 is 14.4 Å². The van der Waals surface area contributed by atoms with Gasteiger partial charge in [-0.15, -0.1) is 0 Å². The van der Waals surface area contributed by atoms with Crippen molar-refractivity contribution in [1.82, 2.24) is 9.97 Å². The van der Waals surface area contributed by atoms with Crippen LogP contribution < -0.4 is 4.90 Å². The van der Waals surface area contributed by atoms with Gasteiger partial charge in [0.1, 0.15) is 0 Å². The van der Waals surface area contributed by atoms with Crippen molar-refractivity contribution in [1.29, 1.82) is 0 Å². The summed E-state index contributed by atoms with van der Waals surface area (Å²) in [7, 11) is 0. The molecular weight excluding hydrogens is 242 g/mol. The first-order valence-electron chi connectivity index (χ1n) is 7.09. The number of hydrogen-bond donors (Lipinski definition) is 0. The number of piperidine rings is 1. The molecule has 3 rings (SSSR count). The van der Waals surface area contributed by atoms with E-state index in [9.17, 15) is 0 Å². The van der Waals surface area contributed by atoms with E-state index in [0.29, 0.717) is 0 Å². The monoisotopic (exact) mass is 263 g/mol. The van der Waals surface area contributed by atoms with Gasteiger partial charge in [-0.25, -0.2) is 9.97 Å². The van der Waals surface area contributed by atoms with Crippen LogP contribution in [0.25, 0.3) is 0 Å². The Morgan fingerprint density at radius 3 is 3.11 bits per heavy atom. The van der Waals surface area contributed by atoms with E-state index in [4.69, 9.17) is 9.47 Å². The second kappa shape index (κ2) is 5.43. The molecule has 19 heavy (non-hydrogen) atoms. The lowest BCUT2D eigenvalue weighted by Crippen LogP contribution is -2.48. The van der Waals surface area contributed by atoms with Crippen molar-refractivity contribution in [2.75, 3.05) is 31.2 Å². The van der Waals surface area contributed by atoms with Gasteiger partial charge in [-0.3, -0.25) is 0 Å². The lowest BCUT2D eigenvalue weighted by molar-refractivity contribution is -0.0119. The highest BCUT2D eigenvalue weighted by Crippen LogP contribution is 2.36. The van der Waals surface area contributed by atoms with Crippen LogP contribution in [0.2, 0.25) is 0 Å². The summed E-state index contributed by atoms with van der Waals surface area (Å²) in [5, 5.41) is 0. The highest BCUT2D eigenvalue weighted by molar-refractivity contribution is 5.31. The normalized spacial score (nSPS) is 31.0. The Morgan fingerprint density at radius 1 is 1.47 bits per heavy atom. The van der Waals surface area contributed by atoms with Crippen LogP contribution in [0.5, 0.6) is 0 Å². The van der Waals surface area contributed by atoms with Crippen molar-refractivity contribution in [3.63, 3.8) is 0 Å². The molecule has 0 saturated carbocycles. The second-order valence-electron chi connectivity index (χ2n) is 5.35. The predicted molar refractivity (Wildman–Crippen MR) is 72.2 cm³/mol. The van der Waals surface area contributed by atoms with E-state index < -0.39 is 0 Å². The van der Waals surface area contributed by atoms with E-state index in [1.54, 1.807) is 12.4 Å². The fraction of sp³-hybridized carbons (Fsp3) is 0.714. The maximum absolute atomic E-state index is 6.08. The molecule has 1 spiro atoms. The first-order valence-corrected chi connectivity index (χ1v) is 7.09. The summed E-state index contributed by atoms with van der Waals surface area (Å²) in [4.78, 5) is 10.9. The Kier molecular flexibility index (Phi) is 3.66. The molecule has 0 aromatic carbocycles. The Balaban J connectivity index is 1.69. The number of rotatable bonds is 3. The fourth-order valence-electron chi connectivity index (χ4n) is 3.15. The minimum Gasteiger partial charge on any atom is -0.376 e. The van der Waals surface area contributed by atoms with Gasteiger partial charge in [0.2, 0.25) is 5.95 Å². The van der Waals surface area contributed by atoms with E-state index >= 15 is 0 Å². The van der Waals surface area contributed by atoms with Crippen molar-refractivity contribution < 1.29 is 9.47 Å². The third-order valence-corrected chi connectivity index (χ3v) is 3.95. The number of anilines is 1. The van der Waals surface area contributed by atoms with Crippen LogP contribution in [0.15, 0.2) is 18.5 Å². The second-order valence-corrected chi connectivity index (χ2v) is 5.35. The van der Waals surface area contributed by atoms with Gasteiger partial charge >= 0.3 is 0 Å². The highest BCUT2D eigenvalue weighted by atomic mass is 16.6. The van der Waals surface area contributed by atoms with Crippen LogP contribution in [0.1, 0.15) is 26.2 Å². The largest absolute Gasteiger partial charge is 0.376 e. The Labute approximate surface area is 113 Å². The summed E-state index contributed by atoms with van der Waals surface area (Å²) < 4.78 is 11.8.